The maximum absolute atomic E-state index is 11.1. The van der Waals surface area contributed by atoms with Gasteiger partial charge in [-0.3, -0.25) is 9.69 Å². The predicted molar refractivity (Wildman–Crippen MR) is 55.9 cm³/mol. The number of nitrogens with zero attached hydrogens (tertiary/aromatic N) is 1. The first-order chi connectivity index (χ1) is 7.24. The van der Waals surface area contributed by atoms with Crippen LogP contribution in [0.2, 0.25) is 0 Å². The number of carbonyl (C=O) groups excluding carboxylic acids is 1. The Hall–Kier alpha value is -0.450. The maximum atomic E-state index is 11.1. The van der Waals surface area contributed by atoms with Crippen molar-refractivity contribution in [3.8, 4) is 0 Å². The molecular weight excluding hydrogens is 194 g/mol. The highest BCUT2D eigenvalue weighted by Gasteiger charge is 2.37. The van der Waals surface area contributed by atoms with Crippen molar-refractivity contribution < 1.29 is 14.3 Å². The van der Waals surface area contributed by atoms with Crippen LogP contribution in [0.5, 0.6) is 0 Å². The maximum Gasteiger partial charge on any atom is 0.135 e. The Morgan fingerprint density at radius 1 is 1.47 bits per heavy atom. The molecule has 1 unspecified atom stereocenters. The minimum atomic E-state index is -0.125. The number of Topliss-reactive ketones (excluding diaryl/α,β-unsaturated/α-hetero) is 1. The van der Waals surface area contributed by atoms with E-state index in [1.807, 2.05) is 0 Å². The zero-order valence-electron chi connectivity index (χ0n) is 9.33. The van der Waals surface area contributed by atoms with E-state index < -0.39 is 0 Å². The molecule has 0 spiro atoms. The fourth-order valence-electron chi connectivity index (χ4n) is 2.31. The van der Waals surface area contributed by atoms with Gasteiger partial charge in [0.2, 0.25) is 0 Å². The summed E-state index contributed by atoms with van der Waals surface area (Å²) in [5.74, 6) is 0.389. The Morgan fingerprint density at radius 2 is 2.20 bits per heavy atom. The molecular formula is C11H19NO3. The van der Waals surface area contributed by atoms with Crippen molar-refractivity contribution in [2.45, 2.75) is 24.9 Å². The Bertz CT molecular complexity index is 226. The van der Waals surface area contributed by atoms with Gasteiger partial charge >= 0.3 is 0 Å². The van der Waals surface area contributed by atoms with Crippen LogP contribution in [0.15, 0.2) is 0 Å². The summed E-state index contributed by atoms with van der Waals surface area (Å²) in [7, 11) is 1.75. The van der Waals surface area contributed by atoms with Crippen molar-refractivity contribution in [2.75, 3.05) is 40.0 Å². The highest BCUT2D eigenvalue weighted by atomic mass is 16.5. The van der Waals surface area contributed by atoms with Crippen molar-refractivity contribution in [3.05, 3.63) is 0 Å². The SMILES string of the molecule is COC1(CN2CCC(=O)CC2)CCOC1. The molecule has 0 aromatic carbocycles. The van der Waals surface area contributed by atoms with Crippen molar-refractivity contribution in [2.24, 2.45) is 0 Å². The molecule has 2 aliphatic rings. The fraction of sp³-hybridized carbons (Fsp3) is 0.909. The second-order valence-electron chi connectivity index (χ2n) is 4.50. The van der Waals surface area contributed by atoms with E-state index in [1.165, 1.54) is 0 Å². The third kappa shape index (κ3) is 2.56. The first-order valence-corrected chi connectivity index (χ1v) is 5.61. The van der Waals surface area contributed by atoms with Crippen LogP contribution in [0.1, 0.15) is 19.3 Å². The molecule has 2 saturated heterocycles. The lowest BCUT2D eigenvalue weighted by atomic mass is 10.0. The molecule has 0 bridgehead atoms. The van der Waals surface area contributed by atoms with Gasteiger partial charge in [-0.15, -0.1) is 0 Å². The van der Waals surface area contributed by atoms with Gasteiger partial charge in [0.25, 0.3) is 0 Å². The molecule has 2 heterocycles. The Labute approximate surface area is 90.5 Å². The lowest BCUT2D eigenvalue weighted by Gasteiger charge is -2.34. The topological polar surface area (TPSA) is 38.8 Å². The molecule has 0 aliphatic carbocycles. The van der Waals surface area contributed by atoms with Crippen LogP contribution >= 0.6 is 0 Å². The lowest BCUT2D eigenvalue weighted by molar-refractivity contribution is -0.122. The summed E-state index contributed by atoms with van der Waals surface area (Å²) in [5, 5.41) is 0. The average molecular weight is 213 g/mol. The summed E-state index contributed by atoms with van der Waals surface area (Å²) >= 11 is 0. The number of piperidine rings is 1. The molecule has 2 rings (SSSR count). The number of hydrogen-bond donors (Lipinski definition) is 0. The van der Waals surface area contributed by atoms with Crippen LogP contribution < -0.4 is 0 Å². The molecule has 0 N–H and O–H groups in total. The summed E-state index contributed by atoms with van der Waals surface area (Å²) in [5.41, 5.74) is -0.125. The van der Waals surface area contributed by atoms with Crippen LogP contribution in [0.25, 0.3) is 0 Å². The van der Waals surface area contributed by atoms with Crippen molar-refractivity contribution in [1.82, 2.24) is 4.90 Å². The number of hydrogen-bond acceptors (Lipinski definition) is 4. The number of ketones is 1. The van der Waals surface area contributed by atoms with Crippen LogP contribution in [0.3, 0.4) is 0 Å². The standard InChI is InChI=1S/C11H19NO3/c1-14-11(4-7-15-9-11)8-12-5-2-10(13)3-6-12/h2-9H2,1H3. The molecule has 0 aromatic heterocycles. The van der Waals surface area contributed by atoms with E-state index in [9.17, 15) is 4.79 Å². The van der Waals surface area contributed by atoms with E-state index in [1.54, 1.807) is 7.11 Å². The molecule has 0 aromatic rings. The molecule has 4 heteroatoms. The fourth-order valence-corrected chi connectivity index (χ4v) is 2.31. The van der Waals surface area contributed by atoms with Crippen LogP contribution in [0, 0.1) is 0 Å². The van der Waals surface area contributed by atoms with Crippen LogP contribution in [-0.4, -0.2) is 56.2 Å². The summed E-state index contributed by atoms with van der Waals surface area (Å²) in [6, 6.07) is 0. The van der Waals surface area contributed by atoms with Gasteiger partial charge in [0.1, 0.15) is 11.4 Å². The molecule has 2 fully saturated rings. The van der Waals surface area contributed by atoms with Crippen LogP contribution in [0.4, 0.5) is 0 Å². The molecule has 0 saturated carbocycles. The van der Waals surface area contributed by atoms with E-state index in [0.29, 0.717) is 25.2 Å². The summed E-state index contributed by atoms with van der Waals surface area (Å²) in [6.07, 6.45) is 2.36. The van der Waals surface area contributed by atoms with Gasteiger partial charge in [-0.1, -0.05) is 0 Å². The third-order valence-electron chi connectivity index (χ3n) is 3.43. The van der Waals surface area contributed by atoms with E-state index in [4.69, 9.17) is 9.47 Å². The third-order valence-corrected chi connectivity index (χ3v) is 3.43. The van der Waals surface area contributed by atoms with Gasteiger partial charge in [0.15, 0.2) is 0 Å². The number of methoxy groups -OCH3 is 1. The highest BCUT2D eigenvalue weighted by molar-refractivity contribution is 5.79. The molecule has 15 heavy (non-hydrogen) atoms. The van der Waals surface area contributed by atoms with Gasteiger partial charge in [0, 0.05) is 52.6 Å². The van der Waals surface area contributed by atoms with E-state index in [-0.39, 0.29) is 5.60 Å². The summed E-state index contributed by atoms with van der Waals surface area (Å²) < 4.78 is 11.0. The first-order valence-electron chi connectivity index (χ1n) is 5.61. The molecule has 86 valence electrons. The van der Waals surface area contributed by atoms with Gasteiger partial charge in [0.05, 0.1) is 6.61 Å². The largest absolute Gasteiger partial charge is 0.378 e. The molecule has 0 radical (unpaired) electrons. The van der Waals surface area contributed by atoms with Crippen LogP contribution in [-0.2, 0) is 14.3 Å². The summed E-state index contributed by atoms with van der Waals surface area (Å²) in [6.45, 7) is 4.14. The minimum Gasteiger partial charge on any atom is -0.378 e. The monoisotopic (exact) mass is 213 g/mol. The van der Waals surface area contributed by atoms with E-state index in [0.717, 1.165) is 32.7 Å². The van der Waals surface area contributed by atoms with Gasteiger partial charge in [-0.2, -0.15) is 0 Å². The first kappa shape index (κ1) is 11.0. The molecule has 4 nitrogen and oxygen atoms in total. The van der Waals surface area contributed by atoms with Gasteiger partial charge in [-0.25, -0.2) is 0 Å². The Balaban J connectivity index is 1.87. The average Bonchev–Trinajstić information content (AvgIpc) is 2.71. The second-order valence-corrected chi connectivity index (χ2v) is 4.50. The molecule has 1 atom stereocenters. The van der Waals surface area contributed by atoms with Crippen molar-refractivity contribution in [1.29, 1.82) is 0 Å². The Kier molecular flexibility index (Phi) is 3.38. The van der Waals surface area contributed by atoms with E-state index >= 15 is 0 Å². The van der Waals surface area contributed by atoms with E-state index in [2.05, 4.69) is 4.90 Å². The quantitative estimate of drug-likeness (QED) is 0.682. The van der Waals surface area contributed by atoms with Crippen molar-refractivity contribution >= 4 is 5.78 Å². The minimum absolute atomic E-state index is 0.125. The predicted octanol–water partition coefficient (Wildman–Crippen LogP) is 0.457. The van der Waals surface area contributed by atoms with Gasteiger partial charge in [-0.05, 0) is 0 Å². The number of carbonyl (C=O) groups is 1. The summed E-state index contributed by atoms with van der Waals surface area (Å²) in [4.78, 5) is 13.4. The zero-order valence-corrected chi connectivity index (χ0v) is 9.33. The highest BCUT2D eigenvalue weighted by Crippen LogP contribution is 2.24. The zero-order chi connectivity index (χ0) is 10.7. The van der Waals surface area contributed by atoms with Crippen molar-refractivity contribution in [3.63, 3.8) is 0 Å². The molecule has 0 amide bonds. The second kappa shape index (κ2) is 4.60. The number of rotatable bonds is 3. The lowest BCUT2D eigenvalue weighted by Crippen LogP contribution is -2.47. The smallest absolute Gasteiger partial charge is 0.135 e. The number of likely N-dealkylation sites (tertiary alicyclic amines) is 1. The number of ether oxygens (including phenoxy) is 2. The van der Waals surface area contributed by atoms with Gasteiger partial charge < -0.3 is 9.47 Å². The Morgan fingerprint density at radius 3 is 2.73 bits per heavy atom. The normalized spacial score (nSPS) is 33.5. The molecule has 2 aliphatic heterocycles.